The standard InChI is InChI=1S/C11H17FN2/c1-11(8-13,14-2)7-9-3-5-10(12)6-4-9/h3-6,14H,7-8,13H2,1-2H3. The SMILES string of the molecule is CNC(C)(CN)Cc1ccc(F)cc1. The lowest BCUT2D eigenvalue weighted by Crippen LogP contribution is -2.48. The molecule has 3 heteroatoms. The third kappa shape index (κ3) is 2.79. The van der Waals surface area contributed by atoms with E-state index in [-0.39, 0.29) is 11.4 Å². The molecule has 1 unspecified atom stereocenters. The van der Waals surface area contributed by atoms with E-state index in [1.54, 1.807) is 12.1 Å². The van der Waals surface area contributed by atoms with Crippen molar-refractivity contribution in [1.29, 1.82) is 0 Å². The highest BCUT2D eigenvalue weighted by Crippen LogP contribution is 2.12. The number of halogens is 1. The fraction of sp³-hybridized carbons (Fsp3) is 0.455. The summed E-state index contributed by atoms with van der Waals surface area (Å²) < 4.78 is 12.6. The summed E-state index contributed by atoms with van der Waals surface area (Å²) in [6.07, 6.45) is 0.806. The first-order valence-corrected chi connectivity index (χ1v) is 4.73. The van der Waals surface area contributed by atoms with E-state index in [2.05, 4.69) is 12.2 Å². The van der Waals surface area contributed by atoms with Gasteiger partial charge in [-0.25, -0.2) is 4.39 Å². The summed E-state index contributed by atoms with van der Waals surface area (Å²) in [6.45, 7) is 2.61. The van der Waals surface area contributed by atoms with Gasteiger partial charge in [0.05, 0.1) is 0 Å². The number of benzene rings is 1. The zero-order valence-corrected chi connectivity index (χ0v) is 8.68. The maximum Gasteiger partial charge on any atom is 0.123 e. The molecule has 2 nitrogen and oxygen atoms in total. The molecule has 0 aliphatic heterocycles. The molecule has 0 amide bonds. The summed E-state index contributed by atoms with van der Waals surface area (Å²) in [7, 11) is 1.89. The minimum Gasteiger partial charge on any atom is -0.329 e. The van der Waals surface area contributed by atoms with E-state index in [1.807, 2.05) is 7.05 Å². The van der Waals surface area contributed by atoms with Crippen LogP contribution in [-0.2, 0) is 6.42 Å². The molecule has 14 heavy (non-hydrogen) atoms. The minimum absolute atomic E-state index is 0.113. The maximum absolute atomic E-state index is 12.6. The van der Waals surface area contributed by atoms with Gasteiger partial charge >= 0.3 is 0 Å². The van der Waals surface area contributed by atoms with Crippen molar-refractivity contribution in [3.63, 3.8) is 0 Å². The lowest BCUT2D eigenvalue weighted by atomic mass is 9.93. The molecule has 1 aromatic rings. The van der Waals surface area contributed by atoms with E-state index in [0.29, 0.717) is 6.54 Å². The molecule has 0 aliphatic carbocycles. The van der Waals surface area contributed by atoms with Gasteiger partial charge in [-0.15, -0.1) is 0 Å². The topological polar surface area (TPSA) is 38.0 Å². The predicted octanol–water partition coefficient (Wildman–Crippen LogP) is 1.30. The summed E-state index contributed by atoms with van der Waals surface area (Å²) >= 11 is 0. The molecule has 1 aromatic carbocycles. The molecule has 0 fully saturated rings. The molecule has 78 valence electrons. The molecule has 0 bridgehead atoms. The van der Waals surface area contributed by atoms with Crippen LogP contribution >= 0.6 is 0 Å². The largest absolute Gasteiger partial charge is 0.329 e. The van der Waals surface area contributed by atoms with E-state index in [9.17, 15) is 4.39 Å². The third-order valence-electron chi connectivity index (χ3n) is 2.56. The quantitative estimate of drug-likeness (QED) is 0.762. The lowest BCUT2D eigenvalue weighted by Gasteiger charge is -2.27. The van der Waals surface area contributed by atoms with Gasteiger partial charge in [-0.05, 0) is 38.1 Å². The van der Waals surface area contributed by atoms with Crippen LogP contribution in [0.5, 0.6) is 0 Å². The molecule has 0 saturated heterocycles. The average molecular weight is 196 g/mol. The summed E-state index contributed by atoms with van der Waals surface area (Å²) in [6, 6.07) is 6.53. The van der Waals surface area contributed by atoms with Crippen LogP contribution < -0.4 is 11.1 Å². The molecule has 0 heterocycles. The fourth-order valence-corrected chi connectivity index (χ4v) is 1.32. The highest BCUT2D eigenvalue weighted by Gasteiger charge is 2.19. The molecule has 3 N–H and O–H groups in total. The number of rotatable bonds is 4. The molecular formula is C11H17FN2. The number of nitrogens with two attached hydrogens (primary N) is 1. The summed E-state index contributed by atoms with van der Waals surface area (Å²) in [5.74, 6) is -0.201. The third-order valence-corrected chi connectivity index (χ3v) is 2.56. The van der Waals surface area contributed by atoms with Crippen molar-refractivity contribution in [2.24, 2.45) is 5.73 Å². The Morgan fingerprint density at radius 1 is 1.36 bits per heavy atom. The highest BCUT2D eigenvalue weighted by atomic mass is 19.1. The Kier molecular flexibility index (Phi) is 3.61. The average Bonchev–Trinajstić information content (AvgIpc) is 2.21. The lowest BCUT2D eigenvalue weighted by molar-refractivity contribution is 0.392. The van der Waals surface area contributed by atoms with E-state index in [0.717, 1.165) is 12.0 Å². The first-order valence-electron chi connectivity index (χ1n) is 4.73. The maximum atomic E-state index is 12.6. The zero-order chi connectivity index (χ0) is 10.6. The van der Waals surface area contributed by atoms with Crippen LogP contribution in [-0.4, -0.2) is 19.1 Å². The van der Waals surface area contributed by atoms with E-state index in [1.165, 1.54) is 12.1 Å². The minimum atomic E-state index is -0.201. The van der Waals surface area contributed by atoms with Gasteiger partial charge in [0.25, 0.3) is 0 Å². The molecule has 0 radical (unpaired) electrons. The summed E-state index contributed by atoms with van der Waals surface area (Å²) in [5, 5.41) is 3.17. The summed E-state index contributed by atoms with van der Waals surface area (Å²) in [5.41, 5.74) is 6.64. The number of likely N-dealkylation sites (N-methyl/N-ethyl adjacent to an activating group) is 1. The van der Waals surface area contributed by atoms with Crippen molar-refractivity contribution in [3.8, 4) is 0 Å². The second-order valence-electron chi connectivity index (χ2n) is 3.82. The van der Waals surface area contributed by atoms with Crippen molar-refractivity contribution in [2.75, 3.05) is 13.6 Å². The Morgan fingerprint density at radius 3 is 2.36 bits per heavy atom. The van der Waals surface area contributed by atoms with Crippen molar-refractivity contribution in [3.05, 3.63) is 35.6 Å². The Balaban J connectivity index is 2.72. The smallest absolute Gasteiger partial charge is 0.123 e. The normalized spacial score (nSPS) is 15.1. The highest BCUT2D eigenvalue weighted by molar-refractivity contribution is 5.18. The molecule has 0 aliphatic rings. The molecular weight excluding hydrogens is 179 g/mol. The van der Waals surface area contributed by atoms with Gasteiger partial charge in [0.15, 0.2) is 0 Å². The van der Waals surface area contributed by atoms with Crippen LogP contribution in [0.3, 0.4) is 0 Å². The van der Waals surface area contributed by atoms with Gasteiger partial charge in [-0.1, -0.05) is 12.1 Å². The van der Waals surface area contributed by atoms with Crippen LogP contribution in [0.15, 0.2) is 24.3 Å². The van der Waals surface area contributed by atoms with Crippen molar-refractivity contribution >= 4 is 0 Å². The first kappa shape index (κ1) is 11.1. The zero-order valence-electron chi connectivity index (χ0n) is 8.68. The molecule has 0 spiro atoms. The second kappa shape index (κ2) is 4.53. The van der Waals surface area contributed by atoms with E-state index >= 15 is 0 Å². The number of hydrogen-bond acceptors (Lipinski definition) is 2. The Morgan fingerprint density at radius 2 is 1.93 bits per heavy atom. The monoisotopic (exact) mass is 196 g/mol. The van der Waals surface area contributed by atoms with Crippen LogP contribution in [0, 0.1) is 5.82 Å². The van der Waals surface area contributed by atoms with Crippen molar-refractivity contribution in [2.45, 2.75) is 18.9 Å². The van der Waals surface area contributed by atoms with Crippen LogP contribution in [0.4, 0.5) is 4.39 Å². The summed E-state index contributed by atoms with van der Waals surface area (Å²) in [4.78, 5) is 0. The van der Waals surface area contributed by atoms with Gasteiger partial charge in [-0.2, -0.15) is 0 Å². The first-order chi connectivity index (χ1) is 6.59. The molecule has 1 rings (SSSR count). The van der Waals surface area contributed by atoms with Gasteiger partial charge in [0.2, 0.25) is 0 Å². The molecule has 0 aromatic heterocycles. The molecule has 1 atom stereocenters. The van der Waals surface area contributed by atoms with E-state index in [4.69, 9.17) is 5.73 Å². The van der Waals surface area contributed by atoms with Crippen molar-refractivity contribution < 1.29 is 4.39 Å². The van der Waals surface area contributed by atoms with Crippen molar-refractivity contribution in [1.82, 2.24) is 5.32 Å². The fourth-order valence-electron chi connectivity index (χ4n) is 1.32. The number of nitrogens with one attached hydrogen (secondary N) is 1. The van der Waals surface area contributed by atoms with Gasteiger partial charge in [-0.3, -0.25) is 0 Å². The molecule has 0 saturated carbocycles. The van der Waals surface area contributed by atoms with E-state index < -0.39 is 0 Å². The predicted molar refractivity (Wildman–Crippen MR) is 56.6 cm³/mol. The second-order valence-corrected chi connectivity index (χ2v) is 3.82. The van der Waals surface area contributed by atoms with Crippen LogP contribution in [0.1, 0.15) is 12.5 Å². The van der Waals surface area contributed by atoms with Gasteiger partial charge in [0.1, 0.15) is 5.82 Å². The Hall–Kier alpha value is -0.930. The Bertz CT molecular complexity index is 278. The van der Waals surface area contributed by atoms with Crippen LogP contribution in [0.2, 0.25) is 0 Å². The Labute approximate surface area is 84.3 Å². The van der Waals surface area contributed by atoms with Gasteiger partial charge in [0, 0.05) is 12.1 Å². The van der Waals surface area contributed by atoms with Gasteiger partial charge < -0.3 is 11.1 Å². The number of hydrogen-bond donors (Lipinski definition) is 2. The van der Waals surface area contributed by atoms with Crippen LogP contribution in [0.25, 0.3) is 0 Å².